The molecule has 1 aromatic heterocycles. The molecule has 18 heavy (non-hydrogen) atoms. The lowest BCUT2D eigenvalue weighted by Crippen LogP contribution is -2.36. The van der Waals surface area contributed by atoms with E-state index in [4.69, 9.17) is 10.00 Å². The van der Waals surface area contributed by atoms with E-state index < -0.39 is 6.10 Å². The average Bonchev–Trinajstić information content (AvgIpc) is 2.38. The minimum absolute atomic E-state index is 0.161. The van der Waals surface area contributed by atoms with Gasteiger partial charge in [-0.25, -0.2) is 4.98 Å². The third-order valence-electron chi connectivity index (χ3n) is 2.30. The normalized spacial score (nSPS) is 11.7. The summed E-state index contributed by atoms with van der Waals surface area (Å²) in [5.41, 5.74) is 0.634. The van der Waals surface area contributed by atoms with E-state index in [1.165, 1.54) is 30.3 Å². The predicted molar refractivity (Wildman–Crippen MR) is 63.8 cm³/mol. The number of aliphatic hydroxyl groups is 1. The largest absolute Gasteiger partial charge is 0.389 e. The van der Waals surface area contributed by atoms with Crippen molar-refractivity contribution < 1.29 is 14.6 Å². The van der Waals surface area contributed by atoms with Crippen molar-refractivity contribution in [3.63, 3.8) is 0 Å². The molecule has 0 radical (unpaired) electrons. The van der Waals surface area contributed by atoms with Crippen molar-refractivity contribution in [2.75, 3.05) is 27.3 Å². The van der Waals surface area contributed by atoms with E-state index in [0.717, 1.165) is 0 Å². The maximum Gasteiger partial charge on any atom is 0.272 e. The second-order valence-corrected chi connectivity index (χ2v) is 3.84. The molecule has 0 aromatic carbocycles. The highest BCUT2D eigenvalue weighted by Crippen LogP contribution is 2.03. The van der Waals surface area contributed by atoms with Crippen molar-refractivity contribution in [1.29, 1.82) is 5.26 Å². The molecule has 0 bridgehead atoms. The first-order chi connectivity index (χ1) is 8.58. The standard InChI is InChI=1S/C12H15N3O3/c1-15(7-10(16)8-18-2)12(17)11-4-3-9(5-13)6-14-11/h3-4,6,10,16H,7-8H2,1-2H3. The second kappa shape index (κ2) is 6.69. The Kier molecular flexibility index (Phi) is 5.24. The first-order valence-electron chi connectivity index (χ1n) is 5.37. The molecular weight excluding hydrogens is 234 g/mol. The molecule has 1 N–H and O–H groups in total. The number of rotatable bonds is 5. The van der Waals surface area contributed by atoms with Crippen molar-refractivity contribution in [1.82, 2.24) is 9.88 Å². The van der Waals surface area contributed by atoms with E-state index in [9.17, 15) is 9.90 Å². The van der Waals surface area contributed by atoms with Gasteiger partial charge in [-0.3, -0.25) is 4.79 Å². The van der Waals surface area contributed by atoms with Crippen LogP contribution in [0, 0.1) is 11.3 Å². The Balaban J connectivity index is 2.65. The lowest BCUT2D eigenvalue weighted by Gasteiger charge is -2.19. The SMILES string of the molecule is COCC(O)CN(C)C(=O)c1ccc(C#N)cn1. The van der Waals surface area contributed by atoms with Crippen molar-refractivity contribution >= 4 is 5.91 Å². The molecule has 6 nitrogen and oxygen atoms in total. The summed E-state index contributed by atoms with van der Waals surface area (Å²) >= 11 is 0. The zero-order valence-electron chi connectivity index (χ0n) is 10.3. The van der Waals surface area contributed by atoms with Crippen molar-refractivity contribution in [3.8, 4) is 6.07 Å². The number of pyridine rings is 1. The van der Waals surface area contributed by atoms with Gasteiger partial charge in [-0.15, -0.1) is 0 Å². The summed E-state index contributed by atoms with van der Waals surface area (Å²) in [4.78, 5) is 17.2. The fourth-order valence-electron chi connectivity index (χ4n) is 1.43. The zero-order chi connectivity index (χ0) is 13.5. The van der Waals surface area contributed by atoms with Crippen LogP contribution in [-0.4, -0.2) is 54.3 Å². The molecule has 0 saturated heterocycles. The van der Waals surface area contributed by atoms with Crippen LogP contribution in [0.4, 0.5) is 0 Å². The number of carbonyl (C=O) groups is 1. The number of ether oxygens (including phenoxy) is 1. The van der Waals surface area contributed by atoms with Gasteiger partial charge in [0.25, 0.3) is 5.91 Å². The molecule has 0 spiro atoms. The maximum atomic E-state index is 11.9. The minimum Gasteiger partial charge on any atom is -0.389 e. The molecule has 0 aliphatic rings. The van der Waals surface area contributed by atoms with E-state index in [0.29, 0.717) is 5.56 Å². The highest BCUT2D eigenvalue weighted by atomic mass is 16.5. The first kappa shape index (κ1) is 14.1. The van der Waals surface area contributed by atoms with Crippen LogP contribution in [0.2, 0.25) is 0 Å². The molecule has 1 amide bonds. The molecule has 96 valence electrons. The van der Waals surface area contributed by atoms with Gasteiger partial charge in [0.1, 0.15) is 11.8 Å². The van der Waals surface area contributed by atoms with Crippen LogP contribution >= 0.6 is 0 Å². The highest BCUT2D eigenvalue weighted by Gasteiger charge is 2.16. The third kappa shape index (κ3) is 3.80. The summed E-state index contributed by atoms with van der Waals surface area (Å²) in [6.45, 7) is 0.326. The van der Waals surface area contributed by atoms with E-state index in [1.807, 2.05) is 6.07 Å². The molecule has 0 fully saturated rings. The van der Waals surface area contributed by atoms with Gasteiger partial charge in [-0.2, -0.15) is 5.26 Å². The number of aromatic nitrogens is 1. The van der Waals surface area contributed by atoms with Gasteiger partial charge in [0, 0.05) is 26.9 Å². The van der Waals surface area contributed by atoms with Crippen LogP contribution in [0.15, 0.2) is 18.3 Å². The third-order valence-corrected chi connectivity index (χ3v) is 2.30. The Morgan fingerprint density at radius 1 is 1.67 bits per heavy atom. The average molecular weight is 249 g/mol. The summed E-state index contributed by atoms with van der Waals surface area (Å²) in [7, 11) is 3.05. The summed E-state index contributed by atoms with van der Waals surface area (Å²) in [6, 6.07) is 4.94. The first-order valence-corrected chi connectivity index (χ1v) is 5.37. The lowest BCUT2D eigenvalue weighted by atomic mass is 10.2. The fraction of sp³-hybridized carbons (Fsp3) is 0.417. The van der Waals surface area contributed by atoms with Crippen molar-refractivity contribution in [2.24, 2.45) is 0 Å². The van der Waals surface area contributed by atoms with Crippen LogP contribution in [0.5, 0.6) is 0 Å². The Morgan fingerprint density at radius 3 is 2.89 bits per heavy atom. The fourth-order valence-corrected chi connectivity index (χ4v) is 1.43. The van der Waals surface area contributed by atoms with E-state index in [-0.39, 0.29) is 24.8 Å². The topological polar surface area (TPSA) is 86.5 Å². The number of hydrogen-bond donors (Lipinski definition) is 1. The van der Waals surface area contributed by atoms with Gasteiger partial charge in [0.05, 0.1) is 18.3 Å². The monoisotopic (exact) mass is 249 g/mol. The van der Waals surface area contributed by atoms with Crippen LogP contribution < -0.4 is 0 Å². The van der Waals surface area contributed by atoms with Crippen LogP contribution in [-0.2, 0) is 4.74 Å². The second-order valence-electron chi connectivity index (χ2n) is 3.84. The minimum atomic E-state index is -0.734. The quantitative estimate of drug-likeness (QED) is 0.795. The van der Waals surface area contributed by atoms with Gasteiger partial charge in [-0.05, 0) is 12.1 Å². The number of nitriles is 1. The number of hydrogen-bond acceptors (Lipinski definition) is 5. The number of likely N-dealkylation sites (N-methyl/N-ethyl adjacent to an activating group) is 1. The summed E-state index contributed by atoms with van der Waals surface area (Å²) in [5.74, 6) is -0.311. The lowest BCUT2D eigenvalue weighted by molar-refractivity contribution is 0.0378. The number of methoxy groups -OCH3 is 1. The van der Waals surface area contributed by atoms with Crippen molar-refractivity contribution in [2.45, 2.75) is 6.10 Å². The van der Waals surface area contributed by atoms with Gasteiger partial charge in [0.2, 0.25) is 0 Å². The predicted octanol–water partition coefficient (Wildman–Crippen LogP) is 0.0326. The summed E-state index contributed by atoms with van der Waals surface area (Å²) in [5, 5.41) is 18.1. The summed E-state index contributed by atoms with van der Waals surface area (Å²) < 4.78 is 4.78. The Bertz CT molecular complexity index is 439. The molecule has 1 unspecified atom stereocenters. The van der Waals surface area contributed by atoms with E-state index >= 15 is 0 Å². The molecule has 0 aliphatic heterocycles. The molecule has 1 aromatic rings. The molecule has 1 heterocycles. The van der Waals surface area contributed by atoms with Gasteiger partial charge in [0.15, 0.2) is 0 Å². The van der Waals surface area contributed by atoms with E-state index in [1.54, 1.807) is 7.05 Å². The highest BCUT2D eigenvalue weighted by molar-refractivity contribution is 5.92. The van der Waals surface area contributed by atoms with Crippen LogP contribution in [0.25, 0.3) is 0 Å². The molecule has 6 heteroatoms. The molecular formula is C12H15N3O3. The van der Waals surface area contributed by atoms with Gasteiger partial charge in [-0.1, -0.05) is 0 Å². The Hall–Kier alpha value is -1.97. The number of aliphatic hydroxyl groups excluding tert-OH is 1. The Morgan fingerprint density at radius 2 is 2.39 bits per heavy atom. The molecule has 0 aliphatic carbocycles. The number of nitrogens with zero attached hydrogens (tertiary/aromatic N) is 3. The Labute approximate surface area is 105 Å². The van der Waals surface area contributed by atoms with Gasteiger partial charge >= 0.3 is 0 Å². The molecule has 0 saturated carbocycles. The summed E-state index contributed by atoms with van der Waals surface area (Å²) in [6.07, 6.45) is 0.606. The van der Waals surface area contributed by atoms with E-state index in [2.05, 4.69) is 4.98 Å². The number of amides is 1. The molecule has 1 rings (SSSR count). The number of carbonyl (C=O) groups excluding carboxylic acids is 1. The van der Waals surface area contributed by atoms with Crippen molar-refractivity contribution in [3.05, 3.63) is 29.6 Å². The molecule has 1 atom stereocenters. The smallest absolute Gasteiger partial charge is 0.272 e. The van der Waals surface area contributed by atoms with Gasteiger partial charge < -0.3 is 14.7 Å². The van der Waals surface area contributed by atoms with Crippen LogP contribution in [0.3, 0.4) is 0 Å². The zero-order valence-corrected chi connectivity index (χ0v) is 10.3. The maximum absolute atomic E-state index is 11.9. The van der Waals surface area contributed by atoms with Crippen LogP contribution in [0.1, 0.15) is 16.1 Å².